The summed E-state index contributed by atoms with van der Waals surface area (Å²) < 4.78 is 5.72. The lowest BCUT2D eigenvalue weighted by Gasteiger charge is -2.12. The van der Waals surface area contributed by atoms with E-state index in [1.165, 1.54) is 0 Å². The smallest absolute Gasteiger partial charge is 0.130 e. The van der Waals surface area contributed by atoms with Crippen molar-refractivity contribution in [1.82, 2.24) is 0 Å². The first-order valence-electron chi connectivity index (χ1n) is 5.04. The average molecular weight is 198 g/mol. The Morgan fingerprint density at radius 1 is 1.27 bits per heavy atom. The predicted molar refractivity (Wildman–Crippen MR) is 64.0 cm³/mol. The maximum atomic E-state index is 5.72. The molecule has 0 aromatic heterocycles. The number of allylic oxidation sites excluding steroid dienone is 4. The molecule has 0 N–H and O–H groups in total. The SMILES string of the molecule is C=C1/C=C\C=C/COc2c(C)cccc21. The molecule has 1 heteroatoms. The lowest BCUT2D eigenvalue weighted by Crippen LogP contribution is -1.98. The largest absolute Gasteiger partial charge is 0.489 e. The van der Waals surface area contributed by atoms with Gasteiger partial charge in [0, 0.05) is 5.56 Å². The van der Waals surface area contributed by atoms with E-state index in [1.807, 2.05) is 36.4 Å². The Kier molecular flexibility index (Phi) is 2.72. The van der Waals surface area contributed by atoms with Crippen LogP contribution in [0.4, 0.5) is 0 Å². The monoisotopic (exact) mass is 198 g/mol. The second-order valence-electron chi connectivity index (χ2n) is 3.58. The number of fused-ring (bicyclic) bond motifs is 1. The van der Waals surface area contributed by atoms with Gasteiger partial charge in [-0.2, -0.15) is 0 Å². The van der Waals surface area contributed by atoms with E-state index in [-0.39, 0.29) is 0 Å². The third kappa shape index (κ3) is 2.01. The van der Waals surface area contributed by atoms with Gasteiger partial charge in [0.15, 0.2) is 0 Å². The molecule has 1 aliphatic rings. The number of rotatable bonds is 0. The summed E-state index contributed by atoms with van der Waals surface area (Å²) in [6.45, 7) is 6.70. The molecule has 0 unspecified atom stereocenters. The first-order valence-corrected chi connectivity index (χ1v) is 5.04. The minimum absolute atomic E-state index is 0.607. The van der Waals surface area contributed by atoms with Crippen molar-refractivity contribution in [2.24, 2.45) is 0 Å². The first kappa shape index (κ1) is 9.78. The number of ether oxygens (including phenoxy) is 1. The van der Waals surface area contributed by atoms with Crippen LogP contribution in [0.3, 0.4) is 0 Å². The van der Waals surface area contributed by atoms with Crippen molar-refractivity contribution in [2.45, 2.75) is 6.92 Å². The van der Waals surface area contributed by atoms with Crippen LogP contribution in [0.2, 0.25) is 0 Å². The van der Waals surface area contributed by atoms with Gasteiger partial charge in [0.05, 0.1) is 0 Å². The Morgan fingerprint density at radius 3 is 3.00 bits per heavy atom. The van der Waals surface area contributed by atoms with Crippen LogP contribution in [0.15, 0.2) is 49.1 Å². The van der Waals surface area contributed by atoms with Gasteiger partial charge in [0.1, 0.15) is 12.4 Å². The van der Waals surface area contributed by atoms with Crippen molar-refractivity contribution in [3.63, 3.8) is 0 Å². The van der Waals surface area contributed by atoms with Gasteiger partial charge in [0.25, 0.3) is 0 Å². The van der Waals surface area contributed by atoms with E-state index < -0.39 is 0 Å². The number of hydrogen-bond acceptors (Lipinski definition) is 1. The summed E-state index contributed by atoms with van der Waals surface area (Å²) in [5.74, 6) is 0.943. The first-order chi connectivity index (χ1) is 7.29. The fourth-order valence-corrected chi connectivity index (χ4v) is 1.62. The highest BCUT2D eigenvalue weighted by molar-refractivity contribution is 5.77. The highest BCUT2D eigenvalue weighted by Crippen LogP contribution is 2.29. The van der Waals surface area contributed by atoms with E-state index in [0.717, 1.165) is 22.4 Å². The highest BCUT2D eigenvalue weighted by atomic mass is 16.5. The van der Waals surface area contributed by atoms with E-state index in [2.05, 4.69) is 19.6 Å². The zero-order chi connectivity index (χ0) is 10.7. The summed E-state index contributed by atoms with van der Waals surface area (Å²) in [4.78, 5) is 0. The Hall–Kier alpha value is -1.76. The molecule has 1 aromatic rings. The molecule has 0 amide bonds. The van der Waals surface area contributed by atoms with Crippen LogP contribution < -0.4 is 4.74 Å². The summed E-state index contributed by atoms with van der Waals surface area (Å²) >= 11 is 0. The molecule has 0 aliphatic carbocycles. The number of aryl methyl sites for hydroxylation is 1. The molecule has 0 saturated carbocycles. The van der Waals surface area contributed by atoms with Gasteiger partial charge < -0.3 is 4.74 Å². The molecular weight excluding hydrogens is 184 g/mol. The van der Waals surface area contributed by atoms with Crippen molar-refractivity contribution in [1.29, 1.82) is 0 Å². The lowest BCUT2D eigenvalue weighted by molar-refractivity contribution is 0.359. The number of benzene rings is 1. The normalized spacial score (nSPS) is 19.1. The van der Waals surface area contributed by atoms with E-state index >= 15 is 0 Å². The van der Waals surface area contributed by atoms with Gasteiger partial charge in [-0.1, -0.05) is 43.0 Å². The number of para-hydroxylation sites is 1. The summed E-state index contributed by atoms with van der Waals surface area (Å²) in [7, 11) is 0. The molecule has 1 heterocycles. The van der Waals surface area contributed by atoms with Gasteiger partial charge in [0.2, 0.25) is 0 Å². The van der Waals surface area contributed by atoms with E-state index in [9.17, 15) is 0 Å². The maximum Gasteiger partial charge on any atom is 0.130 e. The average Bonchev–Trinajstić information content (AvgIpc) is 2.32. The molecule has 0 saturated heterocycles. The quantitative estimate of drug-likeness (QED) is 0.619. The van der Waals surface area contributed by atoms with Crippen LogP contribution in [0.25, 0.3) is 5.57 Å². The van der Waals surface area contributed by atoms with Crippen LogP contribution in [0.5, 0.6) is 5.75 Å². The van der Waals surface area contributed by atoms with Gasteiger partial charge in [-0.3, -0.25) is 0 Å². The molecule has 0 atom stereocenters. The molecule has 1 nitrogen and oxygen atoms in total. The fraction of sp³-hybridized carbons (Fsp3) is 0.143. The van der Waals surface area contributed by atoms with Crippen LogP contribution in [-0.4, -0.2) is 6.61 Å². The van der Waals surface area contributed by atoms with Gasteiger partial charge in [-0.05, 0) is 24.1 Å². The third-order valence-corrected chi connectivity index (χ3v) is 2.43. The molecule has 76 valence electrons. The van der Waals surface area contributed by atoms with Gasteiger partial charge >= 0.3 is 0 Å². The van der Waals surface area contributed by atoms with Crippen molar-refractivity contribution in [3.8, 4) is 5.75 Å². The summed E-state index contributed by atoms with van der Waals surface area (Å²) in [5, 5.41) is 0. The molecule has 0 spiro atoms. The Balaban J connectivity index is 2.53. The highest BCUT2D eigenvalue weighted by Gasteiger charge is 2.08. The standard InChI is InChI=1S/C14H14O/c1-11-7-4-3-5-10-15-14-12(2)8-6-9-13(11)14/h3-9H,1,10H2,2H3/b5-3-,7-4-. The summed E-state index contributed by atoms with van der Waals surface area (Å²) in [5.41, 5.74) is 3.22. The van der Waals surface area contributed by atoms with Crippen molar-refractivity contribution in [2.75, 3.05) is 6.61 Å². The topological polar surface area (TPSA) is 9.23 Å². The van der Waals surface area contributed by atoms with E-state index in [1.54, 1.807) is 0 Å². The Labute approximate surface area is 90.4 Å². The molecule has 0 radical (unpaired) electrons. The van der Waals surface area contributed by atoms with Crippen LogP contribution >= 0.6 is 0 Å². The van der Waals surface area contributed by atoms with Crippen molar-refractivity contribution < 1.29 is 4.74 Å². The van der Waals surface area contributed by atoms with Gasteiger partial charge in [-0.25, -0.2) is 0 Å². The molecule has 1 aromatic carbocycles. The molecule has 0 bridgehead atoms. The third-order valence-electron chi connectivity index (χ3n) is 2.43. The second-order valence-corrected chi connectivity index (χ2v) is 3.58. The van der Waals surface area contributed by atoms with Crippen molar-refractivity contribution in [3.05, 3.63) is 60.2 Å². The summed E-state index contributed by atoms with van der Waals surface area (Å²) in [6, 6.07) is 6.12. The maximum absolute atomic E-state index is 5.72. The predicted octanol–water partition coefficient (Wildman–Crippen LogP) is 3.51. The van der Waals surface area contributed by atoms with Crippen LogP contribution in [0.1, 0.15) is 11.1 Å². The minimum atomic E-state index is 0.607. The van der Waals surface area contributed by atoms with E-state index in [0.29, 0.717) is 6.61 Å². The Morgan fingerprint density at radius 2 is 2.13 bits per heavy atom. The molecule has 0 fully saturated rings. The molecular formula is C14H14O. The molecule has 2 rings (SSSR count). The summed E-state index contributed by atoms with van der Waals surface area (Å²) in [6.07, 6.45) is 7.96. The zero-order valence-electron chi connectivity index (χ0n) is 8.86. The van der Waals surface area contributed by atoms with Gasteiger partial charge in [-0.15, -0.1) is 0 Å². The second kappa shape index (κ2) is 4.18. The van der Waals surface area contributed by atoms with Crippen molar-refractivity contribution >= 4 is 5.57 Å². The van der Waals surface area contributed by atoms with Crippen LogP contribution in [-0.2, 0) is 0 Å². The molecule has 1 aliphatic heterocycles. The zero-order valence-corrected chi connectivity index (χ0v) is 8.86. The minimum Gasteiger partial charge on any atom is -0.489 e. The van der Waals surface area contributed by atoms with E-state index in [4.69, 9.17) is 4.74 Å². The Bertz CT molecular complexity index is 439. The lowest BCUT2D eigenvalue weighted by atomic mass is 10.0. The molecule has 15 heavy (non-hydrogen) atoms. The number of hydrogen-bond donors (Lipinski definition) is 0. The fourth-order valence-electron chi connectivity index (χ4n) is 1.62. The van der Waals surface area contributed by atoms with Crippen LogP contribution in [0, 0.1) is 6.92 Å².